The van der Waals surface area contributed by atoms with Crippen LogP contribution in [-0.4, -0.2) is 33.2 Å². The summed E-state index contributed by atoms with van der Waals surface area (Å²) in [6.45, 7) is 6.51. The van der Waals surface area contributed by atoms with Crippen molar-refractivity contribution in [3.8, 4) is 11.5 Å². The molecular formula is C22H19BrN2O5S2. The maximum atomic E-state index is 12.6. The summed E-state index contributed by atoms with van der Waals surface area (Å²) in [6.07, 6.45) is 3.39. The average Bonchev–Trinajstić information content (AvgIpc) is 3.01. The number of nitrogens with zero attached hydrogens (tertiary/aromatic N) is 2. The third-order valence-electron chi connectivity index (χ3n) is 4.35. The molecule has 0 bridgehead atoms. The van der Waals surface area contributed by atoms with E-state index in [1.165, 1.54) is 28.8 Å². The fraction of sp³-hybridized carbons (Fsp3) is 0.182. The van der Waals surface area contributed by atoms with Crippen LogP contribution in [-0.2, 0) is 11.4 Å². The minimum atomic E-state index is -0.446. The summed E-state index contributed by atoms with van der Waals surface area (Å²) in [5.74, 6) is 0.852. The number of carbonyl (C=O) groups excluding carboxylic acids is 1. The second-order valence-corrected chi connectivity index (χ2v) is 9.09. The van der Waals surface area contributed by atoms with E-state index in [-0.39, 0.29) is 18.2 Å². The normalized spacial score (nSPS) is 14.7. The molecule has 7 nitrogen and oxygen atoms in total. The van der Waals surface area contributed by atoms with Gasteiger partial charge < -0.3 is 9.47 Å². The van der Waals surface area contributed by atoms with Gasteiger partial charge in [-0.05, 0) is 64.3 Å². The minimum Gasteiger partial charge on any atom is -0.490 e. The Morgan fingerprint density at radius 1 is 1.28 bits per heavy atom. The van der Waals surface area contributed by atoms with Crippen molar-refractivity contribution in [3.63, 3.8) is 0 Å². The number of nitro groups is 1. The molecule has 166 valence electrons. The zero-order valence-electron chi connectivity index (χ0n) is 17.1. The molecule has 2 aromatic carbocycles. The van der Waals surface area contributed by atoms with Gasteiger partial charge in [0.15, 0.2) is 11.5 Å². The lowest BCUT2D eigenvalue weighted by Crippen LogP contribution is -2.27. The Hall–Kier alpha value is -2.69. The number of benzene rings is 2. The van der Waals surface area contributed by atoms with E-state index in [0.717, 1.165) is 11.1 Å². The molecule has 0 aliphatic carbocycles. The number of hydrogen-bond acceptors (Lipinski definition) is 7. The van der Waals surface area contributed by atoms with Crippen molar-refractivity contribution in [3.05, 3.63) is 79.7 Å². The first-order chi connectivity index (χ1) is 15.3. The van der Waals surface area contributed by atoms with Gasteiger partial charge in [-0.2, -0.15) is 0 Å². The van der Waals surface area contributed by atoms with Crippen molar-refractivity contribution >= 4 is 61.9 Å². The van der Waals surface area contributed by atoms with Gasteiger partial charge in [0.1, 0.15) is 10.9 Å². The Labute approximate surface area is 203 Å². The predicted molar refractivity (Wildman–Crippen MR) is 133 cm³/mol. The number of nitro benzene ring substituents is 1. The molecule has 0 saturated carbocycles. The number of ether oxygens (including phenoxy) is 2. The SMILES string of the molecule is C=CCN1C(=O)/C(=C/c2cc(Br)c(OCc3ccc([N+](=O)[O-])cc3)c(OCC)c2)SC1=S. The Bertz CT molecular complexity index is 1100. The maximum absolute atomic E-state index is 12.6. The second-order valence-electron chi connectivity index (χ2n) is 6.56. The fourth-order valence-corrected chi connectivity index (χ4v) is 4.73. The highest BCUT2D eigenvalue weighted by Gasteiger charge is 2.31. The monoisotopic (exact) mass is 534 g/mol. The van der Waals surface area contributed by atoms with E-state index in [0.29, 0.717) is 38.3 Å². The molecule has 0 unspecified atom stereocenters. The number of halogens is 1. The summed E-state index contributed by atoms with van der Waals surface area (Å²) in [7, 11) is 0. The van der Waals surface area contributed by atoms with Crippen LogP contribution in [0.2, 0.25) is 0 Å². The number of thiocarbonyl (C=S) groups is 1. The Kier molecular flexibility index (Phi) is 8.05. The number of rotatable bonds is 9. The maximum Gasteiger partial charge on any atom is 0.269 e. The highest BCUT2D eigenvalue weighted by atomic mass is 79.9. The highest BCUT2D eigenvalue weighted by Crippen LogP contribution is 2.39. The van der Waals surface area contributed by atoms with E-state index in [9.17, 15) is 14.9 Å². The van der Waals surface area contributed by atoms with Crippen molar-refractivity contribution in [2.75, 3.05) is 13.2 Å². The lowest BCUT2D eigenvalue weighted by Gasteiger charge is -2.15. The Morgan fingerprint density at radius 2 is 2.00 bits per heavy atom. The lowest BCUT2D eigenvalue weighted by molar-refractivity contribution is -0.384. The molecule has 1 aliphatic rings. The number of hydrogen-bond donors (Lipinski definition) is 0. The van der Waals surface area contributed by atoms with Crippen LogP contribution in [0.4, 0.5) is 5.69 Å². The molecule has 1 amide bonds. The summed E-state index contributed by atoms with van der Waals surface area (Å²) >= 11 is 10.0. The van der Waals surface area contributed by atoms with Crippen LogP contribution >= 0.6 is 39.9 Å². The lowest BCUT2D eigenvalue weighted by atomic mass is 10.1. The fourth-order valence-electron chi connectivity index (χ4n) is 2.88. The molecule has 1 aliphatic heterocycles. The third-order valence-corrected chi connectivity index (χ3v) is 6.31. The molecule has 10 heteroatoms. The molecule has 0 spiro atoms. The van der Waals surface area contributed by atoms with E-state index in [1.807, 2.05) is 13.0 Å². The highest BCUT2D eigenvalue weighted by molar-refractivity contribution is 9.10. The second kappa shape index (κ2) is 10.8. The van der Waals surface area contributed by atoms with Crippen LogP contribution in [0.15, 0.2) is 58.4 Å². The van der Waals surface area contributed by atoms with Gasteiger partial charge in [0.2, 0.25) is 0 Å². The Balaban J connectivity index is 1.83. The predicted octanol–water partition coefficient (Wildman–Crippen LogP) is 5.72. The molecule has 1 fully saturated rings. The van der Waals surface area contributed by atoms with Gasteiger partial charge in [-0.3, -0.25) is 19.8 Å². The Morgan fingerprint density at radius 3 is 2.62 bits per heavy atom. The number of carbonyl (C=O) groups is 1. The van der Waals surface area contributed by atoms with Gasteiger partial charge in [0.25, 0.3) is 11.6 Å². The van der Waals surface area contributed by atoms with E-state index in [1.54, 1.807) is 30.4 Å². The zero-order chi connectivity index (χ0) is 23.3. The first kappa shape index (κ1) is 24.0. The van der Waals surface area contributed by atoms with E-state index in [4.69, 9.17) is 21.7 Å². The van der Waals surface area contributed by atoms with E-state index < -0.39 is 4.92 Å². The number of non-ortho nitro benzene ring substituents is 1. The first-order valence-corrected chi connectivity index (χ1v) is 11.5. The molecule has 32 heavy (non-hydrogen) atoms. The summed E-state index contributed by atoms with van der Waals surface area (Å²) < 4.78 is 12.8. The van der Waals surface area contributed by atoms with Gasteiger partial charge in [-0.15, -0.1) is 6.58 Å². The minimum absolute atomic E-state index is 0.0211. The molecule has 0 atom stereocenters. The standard InChI is InChI=1S/C22H19BrN2O5S2/c1-3-9-24-21(26)19(32-22(24)31)12-15-10-17(23)20(18(11-15)29-4-2)30-13-14-5-7-16(8-6-14)25(27)28/h3,5-8,10-12H,1,4,9,13H2,2H3/b19-12-. The molecule has 3 rings (SSSR count). The first-order valence-electron chi connectivity index (χ1n) is 9.52. The van der Waals surface area contributed by atoms with Crippen molar-refractivity contribution in [1.82, 2.24) is 4.90 Å². The van der Waals surface area contributed by atoms with Crippen LogP contribution in [0.25, 0.3) is 6.08 Å². The largest absolute Gasteiger partial charge is 0.490 e. The summed E-state index contributed by atoms with van der Waals surface area (Å²) in [6, 6.07) is 9.77. The quantitative estimate of drug-likeness (QED) is 0.134. The van der Waals surface area contributed by atoms with Crippen LogP contribution < -0.4 is 9.47 Å². The van der Waals surface area contributed by atoms with E-state index in [2.05, 4.69) is 22.5 Å². The van der Waals surface area contributed by atoms with Gasteiger partial charge >= 0.3 is 0 Å². The summed E-state index contributed by atoms with van der Waals surface area (Å²) in [4.78, 5) is 25.0. The summed E-state index contributed by atoms with van der Waals surface area (Å²) in [5, 5.41) is 10.8. The van der Waals surface area contributed by atoms with Crippen LogP contribution in [0.3, 0.4) is 0 Å². The van der Waals surface area contributed by atoms with Crippen LogP contribution in [0, 0.1) is 10.1 Å². The van der Waals surface area contributed by atoms with Crippen LogP contribution in [0.5, 0.6) is 11.5 Å². The van der Waals surface area contributed by atoms with Gasteiger partial charge in [-0.25, -0.2) is 0 Å². The van der Waals surface area contributed by atoms with Gasteiger partial charge in [-0.1, -0.05) is 30.1 Å². The molecular weight excluding hydrogens is 516 g/mol. The topological polar surface area (TPSA) is 81.9 Å². The molecule has 0 aromatic heterocycles. The number of thioether (sulfide) groups is 1. The zero-order valence-corrected chi connectivity index (χ0v) is 20.3. The van der Waals surface area contributed by atoms with Gasteiger partial charge in [0.05, 0.1) is 20.9 Å². The van der Waals surface area contributed by atoms with Crippen molar-refractivity contribution < 1.29 is 19.2 Å². The molecule has 0 radical (unpaired) electrons. The number of amides is 1. The average molecular weight is 535 g/mol. The van der Waals surface area contributed by atoms with Crippen molar-refractivity contribution in [2.24, 2.45) is 0 Å². The van der Waals surface area contributed by atoms with Crippen molar-refractivity contribution in [1.29, 1.82) is 0 Å². The smallest absolute Gasteiger partial charge is 0.269 e. The molecule has 1 heterocycles. The molecule has 1 saturated heterocycles. The van der Waals surface area contributed by atoms with E-state index >= 15 is 0 Å². The van der Waals surface area contributed by atoms with Crippen molar-refractivity contribution in [2.45, 2.75) is 13.5 Å². The molecule has 2 aromatic rings. The van der Waals surface area contributed by atoms with Gasteiger partial charge in [0, 0.05) is 18.7 Å². The third kappa shape index (κ3) is 5.56. The summed E-state index contributed by atoms with van der Waals surface area (Å²) in [5.41, 5.74) is 1.55. The van der Waals surface area contributed by atoms with Crippen LogP contribution in [0.1, 0.15) is 18.1 Å². The molecule has 0 N–H and O–H groups in total.